The van der Waals surface area contributed by atoms with Crippen molar-refractivity contribution in [2.75, 3.05) is 5.32 Å². The minimum Gasteiger partial charge on any atom is -0.312 e. The van der Waals surface area contributed by atoms with Crippen molar-refractivity contribution in [2.45, 2.75) is 40.0 Å². The molecule has 1 amide bonds. The van der Waals surface area contributed by atoms with Crippen molar-refractivity contribution in [3.05, 3.63) is 50.2 Å². The number of hydrogen-bond acceptors (Lipinski definition) is 4. The fourth-order valence-electron chi connectivity index (χ4n) is 3.85. The van der Waals surface area contributed by atoms with Crippen molar-refractivity contribution in [1.29, 1.82) is 5.26 Å². The summed E-state index contributed by atoms with van der Waals surface area (Å²) in [6.07, 6.45) is 2.95. The number of hydrogen-bond donors (Lipinski definition) is 1. The lowest BCUT2D eigenvalue weighted by Crippen LogP contribution is -2.26. The Labute approximate surface area is 178 Å². The lowest BCUT2D eigenvalue weighted by Gasteiger charge is -2.33. The normalized spacial score (nSPS) is 16.6. The second kappa shape index (κ2) is 7.18. The fourth-order valence-corrected chi connectivity index (χ4v) is 6.54. The molecule has 0 fully saturated rings. The highest BCUT2D eigenvalue weighted by atomic mass is 35.5. The van der Waals surface area contributed by atoms with Crippen molar-refractivity contribution in [2.24, 2.45) is 11.3 Å². The van der Waals surface area contributed by atoms with Crippen LogP contribution in [-0.4, -0.2) is 5.91 Å². The molecular weight excluding hydrogens is 408 g/mol. The first kappa shape index (κ1) is 19.4. The Morgan fingerprint density at radius 3 is 2.71 bits per heavy atom. The largest absolute Gasteiger partial charge is 0.312 e. The molecule has 1 aromatic carbocycles. The van der Waals surface area contributed by atoms with Gasteiger partial charge in [0.15, 0.2) is 0 Å². The molecule has 3 aromatic rings. The molecule has 3 nitrogen and oxygen atoms in total. The van der Waals surface area contributed by atoms with E-state index in [1.54, 1.807) is 11.3 Å². The lowest BCUT2D eigenvalue weighted by atomic mass is 9.72. The topological polar surface area (TPSA) is 52.9 Å². The fraction of sp³-hybridized carbons (Fsp3) is 0.364. The summed E-state index contributed by atoms with van der Waals surface area (Å²) in [7, 11) is 0. The third kappa shape index (κ3) is 3.34. The van der Waals surface area contributed by atoms with E-state index >= 15 is 0 Å². The van der Waals surface area contributed by atoms with Gasteiger partial charge in [0.05, 0.1) is 10.6 Å². The molecule has 1 aliphatic carbocycles. The maximum Gasteiger partial charge on any atom is 0.267 e. The van der Waals surface area contributed by atoms with Crippen LogP contribution in [0.2, 0.25) is 5.02 Å². The molecule has 6 heteroatoms. The molecule has 0 unspecified atom stereocenters. The van der Waals surface area contributed by atoms with Crippen LogP contribution in [0.4, 0.5) is 5.00 Å². The van der Waals surface area contributed by atoms with Crippen LogP contribution in [0.15, 0.2) is 24.3 Å². The maximum atomic E-state index is 12.9. The summed E-state index contributed by atoms with van der Waals surface area (Å²) in [4.78, 5) is 14.6. The van der Waals surface area contributed by atoms with E-state index in [4.69, 9.17) is 11.6 Å². The van der Waals surface area contributed by atoms with Crippen LogP contribution in [-0.2, 0) is 12.8 Å². The molecule has 0 saturated heterocycles. The minimum atomic E-state index is -0.242. The zero-order valence-electron chi connectivity index (χ0n) is 16.1. The van der Waals surface area contributed by atoms with Crippen LogP contribution in [0, 0.1) is 22.7 Å². The van der Waals surface area contributed by atoms with Gasteiger partial charge in [0.1, 0.15) is 15.9 Å². The first-order valence-corrected chi connectivity index (χ1v) is 11.3. The number of rotatable bonds is 2. The number of thiophene rings is 2. The number of carbonyl (C=O) groups is 1. The Morgan fingerprint density at radius 2 is 2.04 bits per heavy atom. The second-order valence-corrected chi connectivity index (χ2v) is 10.9. The predicted molar refractivity (Wildman–Crippen MR) is 119 cm³/mol. The third-order valence-corrected chi connectivity index (χ3v) is 8.41. The summed E-state index contributed by atoms with van der Waals surface area (Å²) in [5.74, 6) is 0.347. The van der Waals surface area contributed by atoms with E-state index in [0.29, 0.717) is 26.4 Å². The highest BCUT2D eigenvalue weighted by Gasteiger charge is 2.32. The van der Waals surface area contributed by atoms with E-state index in [1.807, 2.05) is 24.3 Å². The Kier molecular flexibility index (Phi) is 4.99. The SMILES string of the molecule is CC(C)(C)[C@H]1CCc2c(sc(NC(=O)c3sc4ccccc4c3Cl)c2C#N)C1. The molecule has 0 bridgehead atoms. The van der Waals surface area contributed by atoms with Gasteiger partial charge in [-0.3, -0.25) is 4.79 Å². The lowest BCUT2D eigenvalue weighted by molar-refractivity contribution is 0.103. The molecule has 0 aliphatic heterocycles. The Bertz CT molecular complexity index is 1110. The highest BCUT2D eigenvalue weighted by molar-refractivity contribution is 7.22. The smallest absolute Gasteiger partial charge is 0.267 e. The van der Waals surface area contributed by atoms with Crippen LogP contribution in [0.1, 0.15) is 52.9 Å². The van der Waals surface area contributed by atoms with Crippen molar-refractivity contribution in [3.63, 3.8) is 0 Å². The zero-order valence-corrected chi connectivity index (χ0v) is 18.4. The number of anilines is 1. The molecule has 0 spiro atoms. The number of nitriles is 1. The predicted octanol–water partition coefficient (Wildman–Crippen LogP) is 6.89. The summed E-state index contributed by atoms with van der Waals surface area (Å²) in [5.41, 5.74) is 1.98. The molecule has 4 rings (SSSR count). The van der Waals surface area contributed by atoms with E-state index in [1.165, 1.54) is 16.2 Å². The van der Waals surface area contributed by atoms with Gasteiger partial charge in [-0.25, -0.2) is 0 Å². The number of benzene rings is 1. The van der Waals surface area contributed by atoms with Crippen molar-refractivity contribution in [3.8, 4) is 6.07 Å². The number of fused-ring (bicyclic) bond motifs is 2. The van der Waals surface area contributed by atoms with Crippen LogP contribution in [0.25, 0.3) is 10.1 Å². The molecule has 1 atom stereocenters. The first-order valence-electron chi connectivity index (χ1n) is 9.32. The first-order chi connectivity index (χ1) is 13.3. The van der Waals surface area contributed by atoms with E-state index in [-0.39, 0.29) is 11.3 Å². The van der Waals surface area contributed by atoms with Crippen molar-refractivity contribution >= 4 is 55.3 Å². The summed E-state index contributed by atoms with van der Waals surface area (Å²) in [6, 6.07) is 10.0. The molecule has 2 aromatic heterocycles. The second-order valence-electron chi connectivity index (χ2n) is 8.32. The molecule has 0 radical (unpaired) electrons. The molecule has 1 N–H and O–H groups in total. The van der Waals surface area contributed by atoms with Crippen LogP contribution >= 0.6 is 34.3 Å². The molecule has 2 heterocycles. The van der Waals surface area contributed by atoms with E-state index in [2.05, 4.69) is 32.2 Å². The van der Waals surface area contributed by atoms with Gasteiger partial charge in [0.2, 0.25) is 0 Å². The van der Waals surface area contributed by atoms with Gasteiger partial charge >= 0.3 is 0 Å². The molecule has 1 aliphatic rings. The van der Waals surface area contributed by atoms with Gasteiger partial charge < -0.3 is 5.32 Å². The number of nitrogens with zero attached hydrogens (tertiary/aromatic N) is 1. The average molecular weight is 429 g/mol. The quantitative estimate of drug-likeness (QED) is 0.483. The minimum absolute atomic E-state index is 0.239. The standard InChI is InChI=1S/C22H21ClN2OS2/c1-22(2,3)12-8-9-13-15(11-24)21(28-17(13)10-12)25-20(26)19-18(23)14-6-4-5-7-16(14)27-19/h4-7,12H,8-10H2,1-3H3,(H,25,26)/t12-/m0/s1. The third-order valence-electron chi connectivity index (χ3n) is 5.57. The molecule has 0 saturated carbocycles. The van der Waals surface area contributed by atoms with E-state index in [0.717, 1.165) is 34.9 Å². The molecule has 144 valence electrons. The number of carbonyl (C=O) groups excluding carboxylic acids is 1. The molecule has 28 heavy (non-hydrogen) atoms. The Hall–Kier alpha value is -1.87. The van der Waals surface area contributed by atoms with Gasteiger partial charge in [-0.1, -0.05) is 50.6 Å². The zero-order chi connectivity index (χ0) is 20.1. The summed E-state index contributed by atoms with van der Waals surface area (Å²) < 4.78 is 0.983. The van der Waals surface area contributed by atoms with Gasteiger partial charge in [0.25, 0.3) is 5.91 Å². The maximum absolute atomic E-state index is 12.9. The van der Waals surface area contributed by atoms with E-state index < -0.39 is 0 Å². The van der Waals surface area contributed by atoms with Gasteiger partial charge in [-0.2, -0.15) is 5.26 Å². The summed E-state index contributed by atoms with van der Waals surface area (Å²) >= 11 is 9.38. The van der Waals surface area contributed by atoms with Crippen LogP contribution in [0.3, 0.4) is 0 Å². The van der Waals surface area contributed by atoms with Gasteiger partial charge in [-0.05, 0) is 42.2 Å². The van der Waals surface area contributed by atoms with Gasteiger partial charge in [-0.15, -0.1) is 22.7 Å². The number of amides is 1. The number of nitrogens with one attached hydrogen (secondary N) is 1. The monoisotopic (exact) mass is 428 g/mol. The average Bonchev–Trinajstić information content (AvgIpc) is 3.17. The van der Waals surface area contributed by atoms with Crippen LogP contribution in [0.5, 0.6) is 0 Å². The number of halogens is 1. The Morgan fingerprint density at radius 1 is 1.29 bits per heavy atom. The molecular formula is C22H21ClN2OS2. The van der Waals surface area contributed by atoms with Crippen molar-refractivity contribution < 1.29 is 4.79 Å². The summed E-state index contributed by atoms with van der Waals surface area (Å²) in [6.45, 7) is 6.81. The summed E-state index contributed by atoms with van der Waals surface area (Å²) in [5, 5.41) is 14.7. The van der Waals surface area contributed by atoms with Gasteiger partial charge in [0, 0.05) is 15.0 Å². The highest BCUT2D eigenvalue weighted by Crippen LogP contribution is 2.44. The Balaban J connectivity index is 1.65. The van der Waals surface area contributed by atoms with Crippen LogP contribution < -0.4 is 5.32 Å². The van der Waals surface area contributed by atoms with Crippen molar-refractivity contribution in [1.82, 2.24) is 0 Å². The van der Waals surface area contributed by atoms with E-state index in [9.17, 15) is 10.1 Å².